The Labute approximate surface area is 298 Å². The van der Waals surface area contributed by atoms with E-state index in [-0.39, 0.29) is 76.3 Å². The molecule has 0 aliphatic heterocycles. The van der Waals surface area contributed by atoms with E-state index in [4.69, 9.17) is 0 Å². The Hall–Kier alpha value is 2.40. The van der Waals surface area contributed by atoms with Crippen LogP contribution in [-0.4, -0.2) is 80.3 Å². The largest absolute Gasteiger partial charge is 4.00 e. The number of rotatable bonds is 0. The monoisotopic (exact) mass is 778 g/mol. The van der Waals surface area contributed by atoms with Gasteiger partial charge in [0.2, 0.25) is 0 Å². The molecule has 0 N–H and O–H groups in total. The standard InChI is InChI=1S/3C6H7.C5H5.4C2H6N.Sn.2Zr/c3*1-6-4-2-3-5-6;1-2-4-5-3-1;4*1-3-2;;;/h3*2-5H,1H3;1-5H;4*1-2H3;;;/q;;;;4*-1;;2*+4. The van der Waals surface area contributed by atoms with Gasteiger partial charge in [0.05, 0.1) is 0 Å². The Morgan fingerprint density at radius 3 is 0.474 bits per heavy atom. The molecule has 4 aliphatic carbocycles. The van der Waals surface area contributed by atoms with Gasteiger partial charge >= 0.3 is 52.4 Å². The molecule has 0 bridgehead atoms. The van der Waals surface area contributed by atoms with Crippen LogP contribution in [0.25, 0.3) is 21.3 Å². The van der Waals surface area contributed by atoms with E-state index < -0.39 is 0 Å². The van der Waals surface area contributed by atoms with Gasteiger partial charge in [-0.2, -0.15) is 56.4 Å². The summed E-state index contributed by atoms with van der Waals surface area (Å²) >= 11 is 0. The quantitative estimate of drug-likeness (QED) is 0.231. The van der Waals surface area contributed by atoms with Crippen molar-refractivity contribution < 1.29 is 52.4 Å². The van der Waals surface area contributed by atoms with Crippen LogP contribution in [0.15, 0.2) is 0 Å². The molecule has 38 heavy (non-hydrogen) atoms. The molecule has 4 saturated carbocycles. The predicted octanol–water partition coefficient (Wildman–Crippen LogP) is 7.35. The van der Waals surface area contributed by atoms with Crippen LogP contribution in [0.5, 0.6) is 0 Å². The van der Waals surface area contributed by atoms with E-state index >= 15 is 0 Å². The van der Waals surface area contributed by atoms with E-state index in [2.05, 4.69) is 80.6 Å². The molecule has 4 nitrogen and oxygen atoms in total. The molecule has 24 radical (unpaired) electrons. The molecule has 4 aliphatic rings. The van der Waals surface area contributed by atoms with E-state index in [1.54, 1.807) is 56.4 Å². The van der Waals surface area contributed by atoms with Gasteiger partial charge in [-0.15, -0.1) is 0 Å². The van der Waals surface area contributed by atoms with Crippen LogP contribution in [0.3, 0.4) is 0 Å². The molecule has 0 spiro atoms. The molecular weight excluding hydrogens is 730 g/mol. The third-order valence-corrected chi connectivity index (χ3v) is 3.04. The van der Waals surface area contributed by atoms with Gasteiger partial charge in [0.25, 0.3) is 0 Å². The van der Waals surface area contributed by atoms with Gasteiger partial charge in [0.1, 0.15) is 0 Å². The average Bonchev–Trinajstić information content (AvgIpc) is 3.63. The van der Waals surface area contributed by atoms with Gasteiger partial charge in [-0.1, -0.05) is 20.8 Å². The predicted molar refractivity (Wildman–Crippen MR) is 166 cm³/mol. The van der Waals surface area contributed by atoms with E-state index in [0.717, 1.165) is 0 Å². The molecule has 202 valence electrons. The molecule has 0 aromatic carbocycles. The van der Waals surface area contributed by atoms with E-state index in [1.165, 1.54) is 17.8 Å². The molecule has 0 aromatic heterocycles. The van der Waals surface area contributed by atoms with Gasteiger partial charge in [-0.3, -0.25) is 0 Å². The summed E-state index contributed by atoms with van der Waals surface area (Å²) in [6, 6.07) is 0. The average molecular weight is 780 g/mol. The summed E-state index contributed by atoms with van der Waals surface area (Å²) in [6.07, 6.45) is 34.7. The first-order valence-corrected chi connectivity index (χ1v) is 11.5. The maximum Gasteiger partial charge on any atom is 4.00 e. The second-order valence-electron chi connectivity index (χ2n) is 7.14. The van der Waals surface area contributed by atoms with Gasteiger partial charge in [-0.25, -0.2) is 0 Å². The maximum atomic E-state index is 3.50. The summed E-state index contributed by atoms with van der Waals surface area (Å²) in [4.78, 5) is 0. The maximum absolute atomic E-state index is 3.50. The molecule has 4 rings (SSSR count). The fourth-order valence-electron chi connectivity index (χ4n) is 1.73. The minimum atomic E-state index is 0. The number of hydrogen-bond acceptors (Lipinski definition) is 0. The molecule has 0 unspecified atom stereocenters. The van der Waals surface area contributed by atoms with Crippen molar-refractivity contribution in [3.63, 3.8) is 0 Å². The topological polar surface area (TPSA) is 56.4 Å². The zero-order valence-corrected chi connectivity index (χ0v) is 33.4. The second-order valence-corrected chi connectivity index (χ2v) is 7.14. The smallest absolute Gasteiger partial charge is 0.668 e. The second kappa shape index (κ2) is 55.3. The molecule has 7 heteroatoms. The third kappa shape index (κ3) is 66.6. The Morgan fingerprint density at radius 2 is 0.421 bits per heavy atom. The van der Waals surface area contributed by atoms with Crippen LogP contribution in [0.1, 0.15) is 20.8 Å². The third-order valence-electron chi connectivity index (χ3n) is 3.04. The Kier molecular flexibility index (Phi) is 81.9. The van der Waals surface area contributed by atoms with Crippen LogP contribution in [0.4, 0.5) is 0 Å². The summed E-state index contributed by atoms with van der Waals surface area (Å²) in [6.45, 7) is 6.25. The molecule has 0 saturated heterocycles. The van der Waals surface area contributed by atoms with Crippen molar-refractivity contribution in [1.82, 2.24) is 0 Å². The van der Waals surface area contributed by atoms with E-state index in [1.807, 2.05) is 70.6 Å². The van der Waals surface area contributed by atoms with Crippen molar-refractivity contribution in [3.05, 3.63) is 148 Å². The minimum absolute atomic E-state index is 0. The van der Waals surface area contributed by atoms with Crippen molar-refractivity contribution in [2.75, 3.05) is 56.4 Å². The zero-order chi connectivity index (χ0) is 27.6. The fraction of sp³-hybridized carbons (Fsp3) is 0.355. The zero-order valence-electron chi connectivity index (χ0n) is 25.6. The van der Waals surface area contributed by atoms with Gasteiger partial charge < -0.3 is 21.3 Å². The van der Waals surface area contributed by atoms with Crippen LogP contribution in [0, 0.1) is 127 Å². The van der Waals surface area contributed by atoms with Crippen LogP contribution in [-0.2, 0) is 52.4 Å². The van der Waals surface area contributed by atoms with Gasteiger partial charge in [0, 0.05) is 23.9 Å². The Balaban J connectivity index is -0.0000000584. The van der Waals surface area contributed by atoms with Crippen molar-refractivity contribution in [3.8, 4) is 0 Å². The van der Waals surface area contributed by atoms with Gasteiger partial charge in [-0.05, 0) is 127 Å². The van der Waals surface area contributed by atoms with Crippen LogP contribution in [0.2, 0.25) is 0 Å². The summed E-state index contributed by atoms with van der Waals surface area (Å²) in [5.41, 5.74) is 0. The van der Waals surface area contributed by atoms with Crippen molar-refractivity contribution in [1.29, 1.82) is 0 Å². The van der Waals surface area contributed by atoms with Crippen molar-refractivity contribution in [2.24, 2.45) is 0 Å². The van der Waals surface area contributed by atoms with E-state index in [9.17, 15) is 0 Å². The summed E-state index contributed by atoms with van der Waals surface area (Å²) in [5, 5.41) is 14.0. The minimum Gasteiger partial charge on any atom is -0.668 e. The molecule has 4 fully saturated rings. The van der Waals surface area contributed by atoms with Crippen molar-refractivity contribution >= 4 is 23.9 Å². The first-order valence-electron chi connectivity index (χ1n) is 11.5. The van der Waals surface area contributed by atoms with Crippen LogP contribution >= 0.6 is 0 Å². The molecule has 0 amide bonds. The SMILES string of the molecule is C[C]1[CH][CH][CH][CH]1.C[C]1[CH][CH][CH][CH]1.C[C]1[CH][CH][CH][CH]1.C[N-]C.C[N-]C.C[N-]C.C[N-]C.[CH]1[CH][CH][CH][CH]1.[Sn].[Zr+4].[Zr+4]. The van der Waals surface area contributed by atoms with Gasteiger partial charge in [0.15, 0.2) is 0 Å². The Bertz CT molecular complexity index is 259. The molecule has 0 heterocycles. The van der Waals surface area contributed by atoms with Crippen LogP contribution < -0.4 is 0 Å². The Morgan fingerprint density at radius 1 is 0.316 bits per heavy atom. The molecule has 0 atom stereocenters. The normalized spacial score (nSPS) is 17.1. The summed E-state index contributed by atoms with van der Waals surface area (Å²) in [5.74, 6) is 4.03. The first kappa shape index (κ1) is 56.2. The summed E-state index contributed by atoms with van der Waals surface area (Å²) in [7, 11) is 14.0. The number of hydrogen-bond donors (Lipinski definition) is 0. The first-order chi connectivity index (χ1) is 16.8. The summed E-state index contributed by atoms with van der Waals surface area (Å²) < 4.78 is 0. The molecule has 0 aromatic rings. The number of nitrogens with zero attached hydrogens (tertiary/aromatic N) is 4. The van der Waals surface area contributed by atoms with E-state index in [0.29, 0.717) is 0 Å². The fourth-order valence-corrected chi connectivity index (χ4v) is 1.73. The van der Waals surface area contributed by atoms with Crippen molar-refractivity contribution in [2.45, 2.75) is 20.8 Å². The molecular formula is C31H50N4SnZr2+4.